The van der Waals surface area contributed by atoms with Crippen molar-refractivity contribution in [2.75, 3.05) is 5.32 Å². The summed E-state index contributed by atoms with van der Waals surface area (Å²) in [5.41, 5.74) is 5.24. The quantitative estimate of drug-likeness (QED) is 0.523. The number of para-hydroxylation sites is 1. The molecule has 5 nitrogen and oxygen atoms in total. The van der Waals surface area contributed by atoms with Crippen LogP contribution < -0.4 is 10.6 Å². The third-order valence-corrected chi connectivity index (χ3v) is 5.80. The molecule has 1 heterocycles. The zero-order valence-electron chi connectivity index (χ0n) is 18.1. The first-order valence-electron chi connectivity index (χ1n) is 11.0. The second kappa shape index (κ2) is 10.7. The van der Waals surface area contributed by atoms with Crippen LogP contribution >= 0.6 is 0 Å². The molecule has 0 saturated heterocycles. The van der Waals surface area contributed by atoms with Gasteiger partial charge in [0.25, 0.3) is 0 Å². The van der Waals surface area contributed by atoms with E-state index >= 15 is 0 Å². The topological polar surface area (TPSA) is 67.4 Å². The number of amides is 2. The molecule has 164 valence electrons. The van der Waals surface area contributed by atoms with Gasteiger partial charge in [-0.05, 0) is 41.2 Å². The number of fused-ring (bicyclic) bond motifs is 1. The molecule has 0 radical (unpaired) electrons. The Labute approximate surface area is 188 Å². The minimum absolute atomic E-state index is 0.00240. The van der Waals surface area contributed by atoms with Gasteiger partial charge in [0.1, 0.15) is 0 Å². The largest absolute Gasteiger partial charge is 0.372 e. The summed E-state index contributed by atoms with van der Waals surface area (Å²) < 4.78 is 5.86. The molecular weight excluding hydrogens is 400 g/mol. The predicted molar refractivity (Wildman–Crippen MR) is 125 cm³/mol. The number of ether oxygens (including phenoxy) is 1. The molecule has 1 atom stereocenters. The first-order valence-corrected chi connectivity index (χ1v) is 11.0. The van der Waals surface area contributed by atoms with Crippen molar-refractivity contribution in [1.82, 2.24) is 5.32 Å². The fraction of sp³-hybridized carbons (Fsp3) is 0.259. The summed E-state index contributed by atoms with van der Waals surface area (Å²) in [4.78, 5) is 24.8. The Morgan fingerprint density at radius 1 is 0.906 bits per heavy atom. The third kappa shape index (κ3) is 5.83. The van der Waals surface area contributed by atoms with Gasteiger partial charge in [0.05, 0.1) is 13.2 Å². The Bertz CT molecular complexity index is 1070. The van der Waals surface area contributed by atoms with Gasteiger partial charge in [-0.15, -0.1) is 0 Å². The van der Waals surface area contributed by atoms with Gasteiger partial charge in [-0.2, -0.15) is 0 Å². The second-order valence-corrected chi connectivity index (χ2v) is 8.11. The van der Waals surface area contributed by atoms with Gasteiger partial charge in [-0.1, -0.05) is 72.8 Å². The molecule has 4 rings (SSSR count). The number of carbonyl (C=O) groups excluding carboxylic acids is 2. The van der Waals surface area contributed by atoms with Crippen LogP contribution in [0.3, 0.4) is 0 Å². The fourth-order valence-corrected chi connectivity index (χ4v) is 3.96. The van der Waals surface area contributed by atoms with Gasteiger partial charge in [0, 0.05) is 24.6 Å². The van der Waals surface area contributed by atoms with E-state index < -0.39 is 0 Å². The summed E-state index contributed by atoms with van der Waals surface area (Å²) in [7, 11) is 0. The molecule has 5 heteroatoms. The lowest BCUT2D eigenvalue weighted by atomic mass is 9.89. The summed E-state index contributed by atoms with van der Waals surface area (Å²) >= 11 is 0. The zero-order valence-corrected chi connectivity index (χ0v) is 18.1. The first-order chi connectivity index (χ1) is 15.7. The van der Waals surface area contributed by atoms with Crippen molar-refractivity contribution in [3.8, 4) is 0 Å². The maximum absolute atomic E-state index is 12.4. The van der Waals surface area contributed by atoms with E-state index in [1.165, 1.54) is 0 Å². The Morgan fingerprint density at radius 3 is 2.47 bits per heavy atom. The average Bonchev–Trinajstić information content (AvgIpc) is 2.83. The van der Waals surface area contributed by atoms with Crippen LogP contribution in [0.15, 0.2) is 78.9 Å². The van der Waals surface area contributed by atoms with Crippen LogP contribution in [-0.2, 0) is 40.5 Å². The third-order valence-electron chi connectivity index (χ3n) is 5.80. The highest BCUT2D eigenvalue weighted by molar-refractivity contribution is 5.96. The predicted octanol–water partition coefficient (Wildman–Crippen LogP) is 4.61. The lowest BCUT2D eigenvalue weighted by molar-refractivity contribution is -0.122. The van der Waals surface area contributed by atoms with Crippen LogP contribution in [0.1, 0.15) is 35.1 Å². The van der Waals surface area contributed by atoms with Gasteiger partial charge in [-0.3, -0.25) is 9.59 Å². The maximum Gasteiger partial charge on any atom is 0.227 e. The van der Waals surface area contributed by atoms with Crippen molar-refractivity contribution >= 4 is 17.5 Å². The first kappa shape index (κ1) is 21.8. The molecule has 0 fully saturated rings. The standard InChI is InChI=1S/C27H28N2O3/c30-26(15-14-22-16-21-10-6-7-13-25(21)29-27(22)31)28-17-23-11-4-5-12-24(23)19-32-18-20-8-2-1-3-9-20/h1-13,22H,14-19H2,(H,28,30)(H,29,31). The molecule has 0 aromatic heterocycles. The molecule has 1 unspecified atom stereocenters. The maximum atomic E-state index is 12.4. The van der Waals surface area contributed by atoms with E-state index in [4.69, 9.17) is 4.74 Å². The molecule has 1 aliphatic rings. The van der Waals surface area contributed by atoms with E-state index in [1.807, 2.05) is 78.9 Å². The van der Waals surface area contributed by atoms with Gasteiger partial charge in [-0.25, -0.2) is 0 Å². The highest BCUT2D eigenvalue weighted by Crippen LogP contribution is 2.27. The molecule has 0 bridgehead atoms. The van der Waals surface area contributed by atoms with E-state index in [9.17, 15) is 9.59 Å². The van der Waals surface area contributed by atoms with Gasteiger partial charge in [0.15, 0.2) is 0 Å². The van der Waals surface area contributed by atoms with Crippen LogP contribution in [0.4, 0.5) is 5.69 Å². The summed E-state index contributed by atoms with van der Waals surface area (Å²) in [6.07, 6.45) is 1.54. The van der Waals surface area contributed by atoms with Gasteiger partial charge in [0.2, 0.25) is 11.8 Å². The van der Waals surface area contributed by atoms with Crippen molar-refractivity contribution in [2.24, 2.45) is 5.92 Å². The second-order valence-electron chi connectivity index (χ2n) is 8.11. The zero-order chi connectivity index (χ0) is 22.2. The molecular formula is C27H28N2O3. The van der Waals surface area contributed by atoms with Crippen molar-refractivity contribution in [2.45, 2.75) is 39.0 Å². The average molecular weight is 429 g/mol. The Hall–Kier alpha value is -3.44. The Kier molecular flexibility index (Phi) is 7.31. The SMILES string of the molecule is O=C(CCC1Cc2ccccc2NC1=O)NCc1ccccc1COCc1ccccc1. The lowest BCUT2D eigenvalue weighted by Crippen LogP contribution is -2.31. The number of carbonyl (C=O) groups is 2. The van der Waals surface area contributed by atoms with E-state index in [1.54, 1.807) is 0 Å². The lowest BCUT2D eigenvalue weighted by Gasteiger charge is -2.24. The highest BCUT2D eigenvalue weighted by Gasteiger charge is 2.26. The van der Waals surface area contributed by atoms with Crippen LogP contribution in [-0.4, -0.2) is 11.8 Å². The summed E-state index contributed by atoms with van der Waals surface area (Å²) in [5.74, 6) is -0.219. The van der Waals surface area contributed by atoms with E-state index in [-0.39, 0.29) is 17.7 Å². The summed E-state index contributed by atoms with van der Waals surface area (Å²) in [6, 6.07) is 25.9. The van der Waals surface area contributed by atoms with Crippen LogP contribution in [0.5, 0.6) is 0 Å². The van der Waals surface area contributed by atoms with Crippen molar-refractivity contribution < 1.29 is 14.3 Å². The number of nitrogens with one attached hydrogen (secondary N) is 2. The van der Waals surface area contributed by atoms with Gasteiger partial charge < -0.3 is 15.4 Å². The van der Waals surface area contributed by atoms with E-state index in [0.717, 1.165) is 27.9 Å². The Balaban J connectivity index is 1.24. The van der Waals surface area contributed by atoms with Crippen LogP contribution in [0.25, 0.3) is 0 Å². The number of hydrogen-bond acceptors (Lipinski definition) is 3. The van der Waals surface area contributed by atoms with Crippen molar-refractivity contribution in [3.63, 3.8) is 0 Å². The highest BCUT2D eigenvalue weighted by atomic mass is 16.5. The summed E-state index contributed by atoms with van der Waals surface area (Å²) in [6.45, 7) is 1.49. The van der Waals surface area contributed by atoms with E-state index in [0.29, 0.717) is 39.0 Å². The number of benzene rings is 3. The number of rotatable bonds is 9. The van der Waals surface area contributed by atoms with E-state index in [2.05, 4.69) is 10.6 Å². The number of anilines is 1. The Morgan fingerprint density at radius 2 is 1.62 bits per heavy atom. The molecule has 0 saturated carbocycles. The molecule has 2 amide bonds. The minimum atomic E-state index is -0.172. The molecule has 0 aliphatic carbocycles. The molecule has 3 aromatic carbocycles. The summed E-state index contributed by atoms with van der Waals surface area (Å²) in [5, 5.41) is 5.94. The molecule has 32 heavy (non-hydrogen) atoms. The molecule has 3 aromatic rings. The fourth-order valence-electron chi connectivity index (χ4n) is 3.96. The van der Waals surface area contributed by atoms with Crippen LogP contribution in [0.2, 0.25) is 0 Å². The monoisotopic (exact) mass is 428 g/mol. The normalized spacial score (nSPS) is 15.0. The molecule has 1 aliphatic heterocycles. The number of hydrogen-bond donors (Lipinski definition) is 2. The minimum Gasteiger partial charge on any atom is -0.372 e. The van der Waals surface area contributed by atoms with Crippen LogP contribution in [0, 0.1) is 5.92 Å². The molecule has 0 spiro atoms. The van der Waals surface area contributed by atoms with Crippen molar-refractivity contribution in [1.29, 1.82) is 0 Å². The smallest absolute Gasteiger partial charge is 0.227 e. The van der Waals surface area contributed by atoms with Crippen molar-refractivity contribution in [3.05, 3.63) is 101 Å². The molecule has 2 N–H and O–H groups in total. The van der Waals surface area contributed by atoms with Gasteiger partial charge >= 0.3 is 0 Å².